The van der Waals surface area contributed by atoms with Gasteiger partial charge in [-0.1, -0.05) is 56.3 Å². The molecular formula is C21H20O5. The summed E-state index contributed by atoms with van der Waals surface area (Å²) in [5.74, 6) is -0.985. The van der Waals surface area contributed by atoms with E-state index in [-0.39, 0.29) is 17.3 Å². The second-order valence-electron chi connectivity index (χ2n) is 5.74. The molecule has 0 atom stereocenters. The van der Waals surface area contributed by atoms with E-state index in [1.54, 1.807) is 30.3 Å². The summed E-state index contributed by atoms with van der Waals surface area (Å²) in [6, 6.07) is 13.6. The molecule has 1 heterocycles. The van der Waals surface area contributed by atoms with E-state index in [0.717, 1.165) is 18.4 Å². The van der Waals surface area contributed by atoms with Gasteiger partial charge in [-0.3, -0.25) is 4.79 Å². The molecule has 0 radical (unpaired) electrons. The molecular weight excluding hydrogens is 332 g/mol. The zero-order valence-electron chi connectivity index (χ0n) is 14.5. The normalized spacial score (nSPS) is 11.9. The molecule has 5 heteroatoms. The molecule has 0 amide bonds. The number of ketones is 1. The molecule has 0 saturated heterocycles. The molecule has 1 aliphatic rings. The second-order valence-corrected chi connectivity index (χ2v) is 5.74. The molecule has 1 N–H and O–H groups in total. The Morgan fingerprint density at radius 1 is 1.00 bits per heavy atom. The van der Waals surface area contributed by atoms with Crippen LogP contribution in [0.1, 0.15) is 62.8 Å². The minimum atomic E-state index is -1.05. The van der Waals surface area contributed by atoms with Gasteiger partial charge in [0.1, 0.15) is 5.76 Å². The Bertz CT molecular complexity index is 818. The number of benzene rings is 2. The Labute approximate surface area is 151 Å². The van der Waals surface area contributed by atoms with Crippen LogP contribution >= 0.6 is 0 Å². The number of ether oxygens (including phenoxy) is 1. The van der Waals surface area contributed by atoms with Crippen LogP contribution in [0.3, 0.4) is 0 Å². The molecule has 2 aromatic rings. The van der Waals surface area contributed by atoms with E-state index in [2.05, 4.69) is 6.58 Å². The number of aromatic carboxylic acids is 1. The van der Waals surface area contributed by atoms with Gasteiger partial charge in [-0.05, 0) is 18.6 Å². The minimum Gasteiger partial charge on any atom is -0.478 e. The zero-order chi connectivity index (χ0) is 19.1. The summed E-state index contributed by atoms with van der Waals surface area (Å²) < 4.78 is 4.80. The fourth-order valence-electron chi connectivity index (χ4n) is 2.51. The van der Waals surface area contributed by atoms with E-state index in [4.69, 9.17) is 9.84 Å². The fraction of sp³-hybridized carbons (Fsp3) is 0.190. The summed E-state index contributed by atoms with van der Waals surface area (Å²) >= 11 is 0. The van der Waals surface area contributed by atoms with Crippen molar-refractivity contribution in [3.63, 3.8) is 0 Å². The predicted molar refractivity (Wildman–Crippen MR) is 98.1 cm³/mol. The second kappa shape index (κ2) is 8.76. The highest BCUT2D eigenvalue weighted by Gasteiger charge is 2.23. The lowest BCUT2D eigenvalue weighted by Gasteiger charge is -2.03. The van der Waals surface area contributed by atoms with Gasteiger partial charge in [0.25, 0.3) is 0 Å². The van der Waals surface area contributed by atoms with E-state index >= 15 is 0 Å². The highest BCUT2D eigenvalue weighted by Crippen LogP contribution is 2.27. The Balaban J connectivity index is 0.000000195. The van der Waals surface area contributed by atoms with E-state index in [1.165, 1.54) is 6.07 Å². The molecule has 0 spiro atoms. The van der Waals surface area contributed by atoms with Gasteiger partial charge >= 0.3 is 11.9 Å². The van der Waals surface area contributed by atoms with Gasteiger partial charge in [-0.25, -0.2) is 9.59 Å². The molecule has 0 bridgehead atoms. The summed E-state index contributed by atoms with van der Waals surface area (Å²) in [6.45, 7) is 5.60. The number of fused-ring (bicyclic) bond motifs is 1. The first-order valence-electron chi connectivity index (χ1n) is 8.31. The van der Waals surface area contributed by atoms with Crippen molar-refractivity contribution in [3.05, 3.63) is 77.4 Å². The van der Waals surface area contributed by atoms with Gasteiger partial charge in [-0.2, -0.15) is 0 Å². The maximum atomic E-state index is 11.7. The van der Waals surface area contributed by atoms with Gasteiger partial charge in [0.15, 0.2) is 5.78 Å². The number of cyclic esters (lactones) is 1. The molecule has 0 unspecified atom stereocenters. The van der Waals surface area contributed by atoms with Crippen molar-refractivity contribution in [2.24, 2.45) is 0 Å². The first-order valence-corrected chi connectivity index (χ1v) is 8.31. The van der Waals surface area contributed by atoms with Crippen LogP contribution in [0.25, 0.3) is 5.76 Å². The number of carboxylic acids is 1. The van der Waals surface area contributed by atoms with Crippen molar-refractivity contribution in [1.82, 2.24) is 0 Å². The van der Waals surface area contributed by atoms with Crippen LogP contribution in [-0.4, -0.2) is 22.8 Å². The Morgan fingerprint density at radius 3 is 2.15 bits per heavy atom. The molecule has 2 aromatic carbocycles. The molecule has 1 aliphatic heterocycles. The van der Waals surface area contributed by atoms with Crippen LogP contribution in [-0.2, 0) is 4.74 Å². The largest absolute Gasteiger partial charge is 0.478 e. The highest BCUT2D eigenvalue weighted by molar-refractivity contribution is 6.05. The number of unbranched alkanes of at least 4 members (excludes halogenated alkanes) is 1. The van der Waals surface area contributed by atoms with Crippen molar-refractivity contribution in [2.45, 2.75) is 26.2 Å². The van der Waals surface area contributed by atoms with E-state index in [0.29, 0.717) is 23.3 Å². The van der Waals surface area contributed by atoms with Crippen molar-refractivity contribution < 1.29 is 24.2 Å². The first-order chi connectivity index (χ1) is 12.5. The third-order valence-corrected chi connectivity index (χ3v) is 3.88. The van der Waals surface area contributed by atoms with Crippen molar-refractivity contribution >= 4 is 23.5 Å². The van der Waals surface area contributed by atoms with Crippen LogP contribution in [0.15, 0.2) is 55.1 Å². The molecule has 5 nitrogen and oxygen atoms in total. The lowest BCUT2D eigenvalue weighted by Crippen LogP contribution is -2.08. The SMILES string of the molecule is C=C1OC(=O)c2ccccc21.CCCCC(=O)c1ccccc1C(=O)O. The molecule has 0 aromatic heterocycles. The first kappa shape index (κ1) is 19.1. The summed E-state index contributed by atoms with van der Waals surface area (Å²) in [7, 11) is 0. The highest BCUT2D eigenvalue weighted by atomic mass is 16.5. The molecule has 0 fully saturated rings. The average Bonchev–Trinajstić information content (AvgIpc) is 2.94. The number of hydrogen-bond acceptors (Lipinski definition) is 4. The lowest BCUT2D eigenvalue weighted by molar-refractivity contribution is 0.0688. The summed E-state index contributed by atoms with van der Waals surface area (Å²) in [6.07, 6.45) is 2.15. The van der Waals surface area contributed by atoms with Crippen molar-refractivity contribution in [3.8, 4) is 0 Å². The van der Waals surface area contributed by atoms with Crippen LogP contribution in [0.4, 0.5) is 0 Å². The average molecular weight is 352 g/mol. The number of esters is 1. The number of carbonyl (C=O) groups excluding carboxylic acids is 2. The summed E-state index contributed by atoms with van der Waals surface area (Å²) in [5.41, 5.74) is 1.83. The number of rotatable bonds is 5. The van der Waals surface area contributed by atoms with Crippen LogP contribution < -0.4 is 0 Å². The van der Waals surface area contributed by atoms with Gasteiger partial charge in [0.05, 0.1) is 11.1 Å². The van der Waals surface area contributed by atoms with Crippen LogP contribution in [0.5, 0.6) is 0 Å². The summed E-state index contributed by atoms with van der Waals surface area (Å²) in [5, 5.41) is 8.89. The maximum absolute atomic E-state index is 11.7. The fourth-order valence-corrected chi connectivity index (χ4v) is 2.51. The molecule has 26 heavy (non-hydrogen) atoms. The molecule has 0 aliphatic carbocycles. The molecule has 0 saturated carbocycles. The van der Waals surface area contributed by atoms with Crippen LogP contribution in [0.2, 0.25) is 0 Å². The van der Waals surface area contributed by atoms with E-state index < -0.39 is 5.97 Å². The Hall–Kier alpha value is -3.21. The lowest BCUT2D eigenvalue weighted by atomic mass is 10.0. The smallest absolute Gasteiger partial charge is 0.344 e. The monoisotopic (exact) mass is 352 g/mol. The molecule has 3 rings (SSSR count). The van der Waals surface area contributed by atoms with E-state index in [1.807, 2.05) is 19.1 Å². The predicted octanol–water partition coefficient (Wildman–Crippen LogP) is 4.59. The van der Waals surface area contributed by atoms with Gasteiger partial charge in [0, 0.05) is 17.5 Å². The third kappa shape index (κ3) is 4.45. The number of carboxylic acid groups (broad SMARTS) is 1. The van der Waals surface area contributed by atoms with Crippen molar-refractivity contribution in [1.29, 1.82) is 0 Å². The standard InChI is InChI=1S/C12H14O3.C9H6O2/c1-2-3-8-11(13)9-6-4-5-7-10(9)12(14)15;1-6-7-4-2-3-5-8(7)9(10)11-6/h4-7H,2-3,8H2,1H3,(H,14,15);2-5H,1H2. The quantitative estimate of drug-likeness (QED) is 0.629. The van der Waals surface area contributed by atoms with Gasteiger partial charge < -0.3 is 9.84 Å². The number of Topliss-reactive ketones (excluding diaryl/α,β-unsaturated/α-hetero) is 1. The van der Waals surface area contributed by atoms with Crippen LogP contribution in [0, 0.1) is 0 Å². The van der Waals surface area contributed by atoms with Gasteiger partial charge in [-0.15, -0.1) is 0 Å². The Kier molecular flexibility index (Phi) is 6.44. The maximum Gasteiger partial charge on any atom is 0.344 e. The third-order valence-electron chi connectivity index (χ3n) is 3.88. The number of hydrogen-bond donors (Lipinski definition) is 1. The van der Waals surface area contributed by atoms with E-state index in [9.17, 15) is 14.4 Å². The summed E-state index contributed by atoms with van der Waals surface area (Å²) in [4.78, 5) is 33.5. The number of carbonyl (C=O) groups is 3. The van der Waals surface area contributed by atoms with Crippen molar-refractivity contribution in [2.75, 3.05) is 0 Å². The topological polar surface area (TPSA) is 80.7 Å². The minimum absolute atomic E-state index is 0.0881. The zero-order valence-corrected chi connectivity index (χ0v) is 14.5. The Morgan fingerprint density at radius 2 is 1.58 bits per heavy atom. The molecule has 134 valence electrons. The van der Waals surface area contributed by atoms with Gasteiger partial charge in [0.2, 0.25) is 0 Å².